The lowest BCUT2D eigenvalue weighted by Gasteiger charge is -2.25. The number of allylic oxidation sites excluding steroid dienone is 2. The van der Waals surface area contributed by atoms with E-state index in [0.29, 0.717) is 0 Å². The van der Waals surface area contributed by atoms with Crippen LogP contribution in [0, 0.1) is 5.92 Å². The van der Waals surface area contributed by atoms with Gasteiger partial charge in [-0.05, 0) is 29.8 Å². The molecule has 108 valence electrons. The van der Waals surface area contributed by atoms with Crippen molar-refractivity contribution in [1.29, 1.82) is 0 Å². The number of hydrazone groups is 1. The van der Waals surface area contributed by atoms with Crippen molar-refractivity contribution in [3.63, 3.8) is 0 Å². The van der Waals surface area contributed by atoms with Crippen molar-refractivity contribution in [3.8, 4) is 0 Å². The minimum atomic E-state index is 0.234. The van der Waals surface area contributed by atoms with Crippen LogP contribution in [0.3, 0.4) is 0 Å². The highest BCUT2D eigenvalue weighted by Crippen LogP contribution is 2.34. The van der Waals surface area contributed by atoms with E-state index < -0.39 is 0 Å². The van der Waals surface area contributed by atoms with Gasteiger partial charge in [-0.1, -0.05) is 66.2 Å². The average molecular weight is 307 g/mol. The molecule has 1 aliphatic carbocycles. The summed E-state index contributed by atoms with van der Waals surface area (Å²) in [6.07, 6.45) is 8.63. The highest BCUT2D eigenvalue weighted by atomic mass is 35.5. The zero-order valence-corrected chi connectivity index (χ0v) is 12.7. The van der Waals surface area contributed by atoms with Crippen molar-refractivity contribution in [2.24, 2.45) is 11.0 Å². The van der Waals surface area contributed by atoms with Crippen LogP contribution in [-0.2, 0) is 0 Å². The predicted molar refractivity (Wildman–Crippen MR) is 92.5 cm³/mol. The lowest BCUT2D eigenvalue weighted by Crippen LogP contribution is -2.31. The molecule has 1 heterocycles. The highest BCUT2D eigenvalue weighted by molar-refractivity contribution is 6.30. The predicted octanol–water partition coefficient (Wildman–Crippen LogP) is 4.68. The van der Waals surface area contributed by atoms with Gasteiger partial charge in [-0.3, -0.25) is 5.01 Å². The molecule has 0 saturated heterocycles. The number of hydrogen-bond acceptors (Lipinski definition) is 2. The first kappa shape index (κ1) is 13.4. The first-order valence-corrected chi connectivity index (χ1v) is 7.74. The summed E-state index contributed by atoms with van der Waals surface area (Å²) in [4.78, 5) is 0. The van der Waals surface area contributed by atoms with Crippen LogP contribution in [0.25, 0.3) is 0 Å². The smallest absolute Gasteiger partial charge is 0.0828 e. The maximum atomic E-state index is 6.00. The molecule has 0 spiro atoms. The van der Waals surface area contributed by atoms with Gasteiger partial charge in [0.05, 0.1) is 17.4 Å². The minimum absolute atomic E-state index is 0.234. The quantitative estimate of drug-likeness (QED) is 0.787. The molecule has 3 heteroatoms. The van der Waals surface area contributed by atoms with E-state index in [9.17, 15) is 0 Å². The molecule has 0 bridgehead atoms. The molecular weight excluding hydrogens is 292 g/mol. The fourth-order valence-electron chi connectivity index (χ4n) is 3.01. The third kappa shape index (κ3) is 2.26. The Hall–Kier alpha value is -2.32. The molecule has 0 aromatic heterocycles. The van der Waals surface area contributed by atoms with Crippen LogP contribution in [0.1, 0.15) is 5.56 Å². The maximum Gasteiger partial charge on any atom is 0.0828 e. The highest BCUT2D eigenvalue weighted by Gasteiger charge is 2.36. The second-order valence-corrected chi connectivity index (χ2v) is 5.89. The van der Waals surface area contributed by atoms with Gasteiger partial charge < -0.3 is 0 Å². The molecule has 0 amide bonds. The summed E-state index contributed by atoms with van der Waals surface area (Å²) in [7, 11) is 0. The van der Waals surface area contributed by atoms with Gasteiger partial charge in [-0.25, -0.2) is 0 Å². The Morgan fingerprint density at radius 3 is 2.36 bits per heavy atom. The van der Waals surface area contributed by atoms with E-state index in [1.807, 2.05) is 42.5 Å². The zero-order chi connectivity index (χ0) is 14.9. The third-order valence-electron chi connectivity index (χ3n) is 4.08. The average Bonchev–Trinajstić information content (AvgIpc) is 2.96. The summed E-state index contributed by atoms with van der Waals surface area (Å²) in [5.74, 6) is 0.270. The lowest BCUT2D eigenvalue weighted by atomic mass is 9.88. The minimum Gasteiger partial charge on any atom is -0.257 e. The van der Waals surface area contributed by atoms with E-state index in [4.69, 9.17) is 16.7 Å². The van der Waals surface area contributed by atoms with Gasteiger partial charge in [-0.15, -0.1) is 0 Å². The Morgan fingerprint density at radius 2 is 1.59 bits per heavy atom. The lowest BCUT2D eigenvalue weighted by molar-refractivity contribution is 0.696. The van der Waals surface area contributed by atoms with E-state index in [1.54, 1.807) is 0 Å². The Bertz CT molecular complexity index is 760. The molecule has 2 nitrogen and oxygen atoms in total. The van der Waals surface area contributed by atoms with Gasteiger partial charge in [0.15, 0.2) is 0 Å². The standard InChI is InChI=1S/C19H15ClN2/c20-15-12-10-14(11-13-15)19-17-8-4-5-9-18(17)22(21-19)16-6-2-1-3-7-16/h1-13,17-18H/t17-,18+/m0/s1. The Kier molecular flexibility index (Phi) is 3.32. The van der Waals surface area contributed by atoms with Crippen LogP contribution in [-0.4, -0.2) is 11.8 Å². The molecule has 2 aromatic carbocycles. The summed E-state index contributed by atoms with van der Waals surface area (Å²) in [5, 5.41) is 7.76. The second-order valence-electron chi connectivity index (χ2n) is 5.46. The van der Waals surface area contributed by atoms with Crippen LogP contribution in [0.4, 0.5) is 5.69 Å². The van der Waals surface area contributed by atoms with Crippen molar-refractivity contribution >= 4 is 23.0 Å². The summed E-state index contributed by atoms with van der Waals surface area (Å²) in [6.45, 7) is 0. The van der Waals surface area contributed by atoms with Gasteiger partial charge in [0.2, 0.25) is 0 Å². The van der Waals surface area contributed by atoms with E-state index in [2.05, 4.69) is 41.4 Å². The van der Waals surface area contributed by atoms with E-state index in [-0.39, 0.29) is 12.0 Å². The van der Waals surface area contributed by atoms with E-state index in [1.165, 1.54) is 0 Å². The Labute approximate surface area is 135 Å². The van der Waals surface area contributed by atoms with Crippen molar-refractivity contribution in [2.75, 3.05) is 5.01 Å². The number of halogens is 1. The topological polar surface area (TPSA) is 15.6 Å². The van der Waals surface area contributed by atoms with Gasteiger partial charge in [0, 0.05) is 10.9 Å². The number of hydrogen-bond donors (Lipinski definition) is 0. The molecule has 2 aromatic rings. The van der Waals surface area contributed by atoms with E-state index >= 15 is 0 Å². The van der Waals surface area contributed by atoms with Crippen molar-refractivity contribution in [1.82, 2.24) is 0 Å². The molecule has 1 aliphatic heterocycles. The van der Waals surface area contributed by atoms with E-state index in [0.717, 1.165) is 22.0 Å². The molecule has 4 rings (SSSR count). The molecule has 2 aliphatic rings. The summed E-state index contributed by atoms with van der Waals surface area (Å²) in [6, 6.07) is 18.5. The van der Waals surface area contributed by atoms with Crippen molar-refractivity contribution < 1.29 is 0 Å². The summed E-state index contributed by atoms with van der Waals surface area (Å²) >= 11 is 6.00. The summed E-state index contributed by atoms with van der Waals surface area (Å²) < 4.78 is 0. The van der Waals surface area contributed by atoms with Crippen LogP contribution in [0.15, 0.2) is 84.0 Å². The number of benzene rings is 2. The molecule has 0 fully saturated rings. The van der Waals surface area contributed by atoms with Crippen LogP contribution in [0.2, 0.25) is 5.02 Å². The summed E-state index contributed by atoms with van der Waals surface area (Å²) in [5.41, 5.74) is 3.32. The third-order valence-corrected chi connectivity index (χ3v) is 4.33. The van der Waals surface area contributed by atoms with Gasteiger partial charge in [-0.2, -0.15) is 5.10 Å². The number of rotatable bonds is 2. The molecule has 0 radical (unpaired) electrons. The van der Waals surface area contributed by atoms with Crippen LogP contribution >= 0.6 is 11.6 Å². The van der Waals surface area contributed by atoms with Crippen LogP contribution < -0.4 is 5.01 Å². The van der Waals surface area contributed by atoms with Crippen molar-refractivity contribution in [3.05, 3.63) is 89.5 Å². The molecular formula is C19H15ClN2. The normalized spacial score (nSPS) is 22.6. The van der Waals surface area contributed by atoms with Crippen molar-refractivity contribution in [2.45, 2.75) is 6.04 Å². The zero-order valence-electron chi connectivity index (χ0n) is 11.9. The second kappa shape index (κ2) is 5.47. The molecule has 2 atom stereocenters. The number of para-hydroxylation sites is 1. The molecule has 0 unspecified atom stereocenters. The number of anilines is 1. The maximum absolute atomic E-state index is 6.00. The first-order chi connectivity index (χ1) is 10.8. The molecule has 0 N–H and O–H groups in total. The number of fused-ring (bicyclic) bond motifs is 1. The van der Waals surface area contributed by atoms with Gasteiger partial charge in [0.1, 0.15) is 0 Å². The Balaban J connectivity index is 1.78. The Morgan fingerprint density at radius 1 is 0.864 bits per heavy atom. The largest absolute Gasteiger partial charge is 0.257 e. The fourth-order valence-corrected chi connectivity index (χ4v) is 3.14. The van der Waals surface area contributed by atoms with Crippen LogP contribution in [0.5, 0.6) is 0 Å². The first-order valence-electron chi connectivity index (χ1n) is 7.37. The van der Waals surface area contributed by atoms with Gasteiger partial charge >= 0.3 is 0 Å². The number of nitrogens with zero attached hydrogens (tertiary/aromatic N) is 2. The molecule has 0 saturated carbocycles. The monoisotopic (exact) mass is 306 g/mol. The molecule has 22 heavy (non-hydrogen) atoms. The fraction of sp³-hybridized carbons (Fsp3) is 0.105. The van der Waals surface area contributed by atoms with Gasteiger partial charge in [0.25, 0.3) is 0 Å². The SMILES string of the molecule is Clc1ccc(C2=NN(c3ccccc3)[C@@H]3C=CC=C[C@H]23)cc1.